The predicted molar refractivity (Wildman–Crippen MR) is 119 cm³/mol. The molecular formula is C23H28N4OS. The Kier molecular flexibility index (Phi) is 6.39. The topological polar surface area (TPSA) is 49.3 Å². The number of amides is 1. The SMILES string of the molecule is CN(CCc1ccccn1)C(=O)CCC1CCCN(c2nc3ccccc3s2)C1. The highest BCUT2D eigenvalue weighted by molar-refractivity contribution is 7.22. The van der Waals surface area contributed by atoms with Crippen molar-refractivity contribution in [3.63, 3.8) is 0 Å². The molecular weight excluding hydrogens is 380 g/mol. The van der Waals surface area contributed by atoms with Gasteiger partial charge in [-0.15, -0.1) is 0 Å². The maximum absolute atomic E-state index is 12.6. The molecule has 1 atom stereocenters. The molecule has 1 aliphatic heterocycles. The number of anilines is 1. The van der Waals surface area contributed by atoms with E-state index in [9.17, 15) is 4.79 Å². The van der Waals surface area contributed by atoms with E-state index in [2.05, 4.69) is 28.1 Å². The second kappa shape index (κ2) is 9.35. The second-order valence-electron chi connectivity index (χ2n) is 7.84. The normalized spacial score (nSPS) is 16.9. The van der Waals surface area contributed by atoms with Crippen LogP contribution in [-0.4, -0.2) is 47.5 Å². The summed E-state index contributed by atoms with van der Waals surface area (Å²) in [6.45, 7) is 2.79. The van der Waals surface area contributed by atoms with Crippen LogP contribution in [-0.2, 0) is 11.2 Å². The highest BCUT2D eigenvalue weighted by Crippen LogP contribution is 2.32. The minimum absolute atomic E-state index is 0.234. The number of hydrogen-bond donors (Lipinski definition) is 0. The second-order valence-corrected chi connectivity index (χ2v) is 8.85. The first-order valence-electron chi connectivity index (χ1n) is 10.4. The zero-order chi connectivity index (χ0) is 20.1. The van der Waals surface area contributed by atoms with Gasteiger partial charge in [0.1, 0.15) is 0 Å². The number of hydrogen-bond acceptors (Lipinski definition) is 5. The summed E-state index contributed by atoms with van der Waals surface area (Å²) in [5, 5.41) is 1.12. The zero-order valence-electron chi connectivity index (χ0n) is 17.0. The lowest BCUT2D eigenvalue weighted by Gasteiger charge is -2.32. The van der Waals surface area contributed by atoms with Crippen LogP contribution in [0.3, 0.4) is 0 Å². The van der Waals surface area contributed by atoms with Crippen LogP contribution in [0.1, 0.15) is 31.4 Å². The van der Waals surface area contributed by atoms with Crippen LogP contribution in [0.5, 0.6) is 0 Å². The summed E-state index contributed by atoms with van der Waals surface area (Å²) in [5.74, 6) is 0.793. The number of carbonyl (C=O) groups excluding carboxylic acids is 1. The van der Waals surface area contributed by atoms with Crippen molar-refractivity contribution in [2.24, 2.45) is 5.92 Å². The van der Waals surface area contributed by atoms with E-state index in [1.807, 2.05) is 36.2 Å². The summed E-state index contributed by atoms with van der Waals surface area (Å²) < 4.78 is 1.24. The number of fused-ring (bicyclic) bond motifs is 1. The first kappa shape index (κ1) is 19.8. The Morgan fingerprint density at radius 3 is 2.93 bits per heavy atom. The van der Waals surface area contributed by atoms with E-state index >= 15 is 0 Å². The van der Waals surface area contributed by atoms with E-state index < -0.39 is 0 Å². The number of benzene rings is 1. The smallest absolute Gasteiger partial charge is 0.222 e. The molecule has 29 heavy (non-hydrogen) atoms. The monoisotopic (exact) mass is 408 g/mol. The number of thiazole rings is 1. The molecule has 1 aromatic carbocycles. The molecule has 5 nitrogen and oxygen atoms in total. The number of pyridine rings is 1. The molecule has 3 heterocycles. The maximum Gasteiger partial charge on any atom is 0.222 e. The largest absolute Gasteiger partial charge is 0.348 e. The van der Waals surface area contributed by atoms with E-state index in [0.717, 1.165) is 48.8 Å². The minimum Gasteiger partial charge on any atom is -0.348 e. The molecule has 0 aliphatic carbocycles. The highest BCUT2D eigenvalue weighted by atomic mass is 32.1. The fraction of sp³-hybridized carbons (Fsp3) is 0.435. The lowest BCUT2D eigenvalue weighted by Crippen LogP contribution is -2.36. The molecule has 2 aromatic heterocycles. The third-order valence-corrected chi connectivity index (χ3v) is 6.79. The average Bonchev–Trinajstić information content (AvgIpc) is 3.21. The molecule has 6 heteroatoms. The van der Waals surface area contributed by atoms with Gasteiger partial charge in [0.15, 0.2) is 5.13 Å². The Balaban J connectivity index is 1.26. The quantitative estimate of drug-likeness (QED) is 0.582. The van der Waals surface area contributed by atoms with Crippen LogP contribution in [0.25, 0.3) is 10.2 Å². The Labute approximate surface area is 176 Å². The van der Waals surface area contributed by atoms with Crippen LogP contribution in [0, 0.1) is 5.92 Å². The zero-order valence-corrected chi connectivity index (χ0v) is 17.8. The van der Waals surface area contributed by atoms with E-state index in [0.29, 0.717) is 12.3 Å². The Morgan fingerprint density at radius 1 is 1.24 bits per heavy atom. The molecule has 1 amide bonds. The lowest BCUT2D eigenvalue weighted by molar-refractivity contribution is -0.130. The van der Waals surface area contributed by atoms with Crippen molar-refractivity contribution in [3.05, 3.63) is 54.4 Å². The van der Waals surface area contributed by atoms with Crippen molar-refractivity contribution in [2.45, 2.75) is 32.1 Å². The van der Waals surface area contributed by atoms with Crippen molar-refractivity contribution in [1.82, 2.24) is 14.9 Å². The van der Waals surface area contributed by atoms with Gasteiger partial charge >= 0.3 is 0 Å². The average molecular weight is 409 g/mol. The summed E-state index contributed by atoms with van der Waals surface area (Å²) in [5.41, 5.74) is 2.12. The van der Waals surface area contributed by atoms with Gasteiger partial charge in [-0.2, -0.15) is 0 Å². The third kappa shape index (κ3) is 5.12. The Morgan fingerprint density at radius 2 is 2.10 bits per heavy atom. The molecule has 0 radical (unpaired) electrons. The number of likely N-dealkylation sites (N-methyl/N-ethyl adjacent to an activating group) is 1. The van der Waals surface area contributed by atoms with Crippen molar-refractivity contribution in [2.75, 3.05) is 31.6 Å². The van der Waals surface area contributed by atoms with Gasteiger partial charge in [0.2, 0.25) is 5.91 Å². The van der Waals surface area contributed by atoms with Gasteiger partial charge in [-0.05, 0) is 49.4 Å². The van der Waals surface area contributed by atoms with Crippen molar-refractivity contribution < 1.29 is 4.79 Å². The molecule has 1 fully saturated rings. The standard InChI is InChI=1S/C23H28N4OS/c1-26(16-13-19-8-4-5-14-24-19)22(28)12-11-18-7-6-15-27(17-18)23-25-20-9-2-3-10-21(20)29-23/h2-5,8-10,14,18H,6-7,11-13,15-17H2,1H3. The molecule has 1 aliphatic rings. The summed E-state index contributed by atoms with van der Waals surface area (Å²) in [6, 6.07) is 14.2. The molecule has 152 valence electrons. The summed E-state index contributed by atoms with van der Waals surface area (Å²) >= 11 is 1.77. The molecule has 1 unspecified atom stereocenters. The number of carbonyl (C=O) groups is 1. The Bertz CT molecular complexity index is 909. The van der Waals surface area contributed by atoms with E-state index in [1.54, 1.807) is 17.5 Å². The van der Waals surface area contributed by atoms with Gasteiger partial charge in [-0.1, -0.05) is 29.5 Å². The summed E-state index contributed by atoms with van der Waals surface area (Å²) in [7, 11) is 1.90. The number of para-hydroxylation sites is 1. The number of nitrogens with zero attached hydrogens (tertiary/aromatic N) is 4. The molecule has 4 rings (SSSR count). The summed E-state index contributed by atoms with van der Waals surface area (Å²) in [6.07, 6.45) is 6.55. The van der Waals surface area contributed by atoms with Crippen LogP contribution in [0.4, 0.5) is 5.13 Å². The van der Waals surface area contributed by atoms with Crippen molar-refractivity contribution >= 4 is 32.6 Å². The van der Waals surface area contributed by atoms with Crippen molar-refractivity contribution in [1.29, 1.82) is 0 Å². The molecule has 0 bridgehead atoms. The first-order valence-corrected chi connectivity index (χ1v) is 11.2. The van der Waals surface area contributed by atoms with Gasteiger partial charge in [0.25, 0.3) is 0 Å². The summed E-state index contributed by atoms with van der Waals surface area (Å²) in [4.78, 5) is 26.0. The van der Waals surface area contributed by atoms with Crippen LogP contribution in [0.15, 0.2) is 48.7 Å². The minimum atomic E-state index is 0.234. The third-order valence-electron chi connectivity index (χ3n) is 5.69. The number of rotatable bonds is 7. The Hall–Kier alpha value is -2.47. The van der Waals surface area contributed by atoms with E-state index in [4.69, 9.17) is 4.98 Å². The molecule has 0 N–H and O–H groups in total. The lowest BCUT2D eigenvalue weighted by atomic mass is 9.93. The van der Waals surface area contributed by atoms with Crippen LogP contribution in [0.2, 0.25) is 0 Å². The molecule has 3 aromatic rings. The molecule has 0 saturated carbocycles. The van der Waals surface area contributed by atoms with Gasteiger partial charge < -0.3 is 9.80 Å². The molecule has 1 saturated heterocycles. The van der Waals surface area contributed by atoms with Crippen LogP contribution >= 0.6 is 11.3 Å². The van der Waals surface area contributed by atoms with E-state index in [1.165, 1.54) is 17.5 Å². The van der Waals surface area contributed by atoms with Gasteiger partial charge in [0.05, 0.1) is 10.2 Å². The van der Waals surface area contributed by atoms with Gasteiger partial charge in [-0.25, -0.2) is 4.98 Å². The maximum atomic E-state index is 12.6. The van der Waals surface area contributed by atoms with Crippen LogP contribution < -0.4 is 4.90 Å². The van der Waals surface area contributed by atoms with Gasteiger partial charge in [-0.3, -0.25) is 9.78 Å². The molecule has 0 spiro atoms. The fourth-order valence-corrected chi connectivity index (χ4v) is 4.94. The van der Waals surface area contributed by atoms with E-state index in [-0.39, 0.29) is 5.91 Å². The van der Waals surface area contributed by atoms with Crippen molar-refractivity contribution in [3.8, 4) is 0 Å². The fourth-order valence-electron chi connectivity index (χ4n) is 3.94. The number of aromatic nitrogens is 2. The first-order chi connectivity index (χ1) is 14.2. The highest BCUT2D eigenvalue weighted by Gasteiger charge is 2.23. The predicted octanol–water partition coefficient (Wildman–Crippen LogP) is 4.39. The van der Waals surface area contributed by atoms with Gasteiger partial charge in [0, 0.05) is 51.4 Å². The number of piperidine rings is 1.